The van der Waals surface area contributed by atoms with Crippen LogP contribution in [0, 0.1) is 0 Å². The van der Waals surface area contributed by atoms with Crippen LogP contribution in [0.5, 0.6) is 0 Å². The monoisotopic (exact) mass is 258 g/mol. The Morgan fingerprint density at radius 3 is 2.79 bits per heavy atom. The van der Waals surface area contributed by atoms with Gasteiger partial charge in [0, 0.05) is 11.9 Å². The smallest absolute Gasteiger partial charge is 0.270 e. The summed E-state index contributed by atoms with van der Waals surface area (Å²) in [5.74, 6) is -0.264. The molecule has 0 aliphatic rings. The third kappa shape index (κ3) is 3.29. The molecule has 1 atom stereocenters. The van der Waals surface area contributed by atoms with Crippen molar-refractivity contribution in [2.75, 3.05) is 6.54 Å². The van der Waals surface area contributed by atoms with Crippen LogP contribution in [0.25, 0.3) is 10.9 Å². The van der Waals surface area contributed by atoms with E-state index in [1.54, 1.807) is 13.0 Å². The number of nitrogens with one attached hydrogen (secondary N) is 1. The van der Waals surface area contributed by atoms with Gasteiger partial charge in [-0.25, -0.2) is 4.98 Å². The number of carbonyl (C=O) groups excluding carboxylic acids is 1. The van der Waals surface area contributed by atoms with E-state index in [1.165, 1.54) is 0 Å². The molecule has 4 heteroatoms. The molecule has 4 nitrogen and oxygen atoms in total. The summed E-state index contributed by atoms with van der Waals surface area (Å²) in [5, 5.41) is 13.6. The van der Waals surface area contributed by atoms with E-state index in [1.807, 2.05) is 37.3 Å². The molecule has 2 aromatic rings. The molecule has 1 aromatic carbocycles. The topological polar surface area (TPSA) is 62.2 Å². The fraction of sp³-hybridized carbons (Fsp3) is 0.333. The van der Waals surface area contributed by atoms with Crippen molar-refractivity contribution in [2.45, 2.75) is 25.9 Å². The van der Waals surface area contributed by atoms with Gasteiger partial charge >= 0.3 is 0 Å². The van der Waals surface area contributed by atoms with E-state index in [0.717, 1.165) is 10.9 Å². The van der Waals surface area contributed by atoms with Crippen LogP contribution in [0.2, 0.25) is 0 Å². The number of hydrogen-bond donors (Lipinski definition) is 2. The van der Waals surface area contributed by atoms with Gasteiger partial charge in [-0.05, 0) is 25.5 Å². The third-order valence-electron chi connectivity index (χ3n) is 3.22. The van der Waals surface area contributed by atoms with E-state index < -0.39 is 5.60 Å². The molecule has 0 aliphatic carbocycles. The lowest BCUT2D eigenvalue weighted by molar-refractivity contribution is 0.0517. The summed E-state index contributed by atoms with van der Waals surface area (Å²) in [6.45, 7) is 3.79. The number of fused-ring (bicyclic) bond motifs is 1. The summed E-state index contributed by atoms with van der Waals surface area (Å²) in [7, 11) is 0. The molecule has 0 radical (unpaired) electrons. The van der Waals surface area contributed by atoms with E-state index >= 15 is 0 Å². The van der Waals surface area contributed by atoms with E-state index in [9.17, 15) is 9.90 Å². The second-order valence-electron chi connectivity index (χ2n) is 4.92. The van der Waals surface area contributed by atoms with E-state index in [-0.39, 0.29) is 12.5 Å². The van der Waals surface area contributed by atoms with Gasteiger partial charge in [0.05, 0.1) is 11.1 Å². The first-order valence-electron chi connectivity index (χ1n) is 6.38. The van der Waals surface area contributed by atoms with Gasteiger partial charge in [0.2, 0.25) is 0 Å². The number of pyridine rings is 1. The van der Waals surface area contributed by atoms with Gasteiger partial charge in [0.1, 0.15) is 5.69 Å². The van der Waals surface area contributed by atoms with Gasteiger partial charge in [-0.2, -0.15) is 0 Å². The van der Waals surface area contributed by atoms with E-state index in [2.05, 4.69) is 10.3 Å². The molecule has 19 heavy (non-hydrogen) atoms. The minimum absolute atomic E-state index is 0.219. The highest BCUT2D eigenvalue weighted by Crippen LogP contribution is 2.12. The van der Waals surface area contributed by atoms with Crippen molar-refractivity contribution in [3.05, 3.63) is 42.1 Å². The van der Waals surface area contributed by atoms with E-state index in [4.69, 9.17) is 0 Å². The standard InChI is InChI=1S/C15H18N2O2/c1-3-15(2,19)10-16-14(18)13-9-8-11-6-4-5-7-12(11)17-13/h4-9,19H,3,10H2,1-2H3,(H,16,18). The molecular formula is C15H18N2O2. The number of carbonyl (C=O) groups is 1. The summed E-state index contributed by atoms with van der Waals surface area (Å²) in [5.41, 5.74) is 0.273. The lowest BCUT2D eigenvalue weighted by Gasteiger charge is -2.21. The Balaban J connectivity index is 2.13. The highest BCUT2D eigenvalue weighted by molar-refractivity contribution is 5.94. The predicted octanol–water partition coefficient (Wildman–Crippen LogP) is 2.13. The van der Waals surface area contributed by atoms with Crippen molar-refractivity contribution in [2.24, 2.45) is 0 Å². The van der Waals surface area contributed by atoms with Gasteiger partial charge < -0.3 is 10.4 Å². The minimum Gasteiger partial charge on any atom is -0.388 e. The van der Waals surface area contributed by atoms with Crippen molar-refractivity contribution >= 4 is 16.8 Å². The zero-order valence-corrected chi connectivity index (χ0v) is 11.2. The van der Waals surface area contributed by atoms with Crippen LogP contribution in [0.3, 0.4) is 0 Å². The molecule has 0 saturated heterocycles. The van der Waals surface area contributed by atoms with Crippen molar-refractivity contribution < 1.29 is 9.90 Å². The molecule has 0 fully saturated rings. The summed E-state index contributed by atoms with van der Waals surface area (Å²) in [6, 6.07) is 11.2. The predicted molar refractivity (Wildman–Crippen MR) is 75.0 cm³/mol. The van der Waals surface area contributed by atoms with Gasteiger partial charge in [-0.3, -0.25) is 4.79 Å². The van der Waals surface area contributed by atoms with Gasteiger partial charge in [0.25, 0.3) is 5.91 Å². The maximum atomic E-state index is 12.0. The zero-order valence-electron chi connectivity index (χ0n) is 11.2. The molecule has 1 aromatic heterocycles. The van der Waals surface area contributed by atoms with Gasteiger partial charge in [-0.1, -0.05) is 31.2 Å². The largest absolute Gasteiger partial charge is 0.388 e. The molecule has 100 valence electrons. The summed E-state index contributed by atoms with van der Waals surface area (Å²) in [4.78, 5) is 16.3. The molecule has 0 aliphatic heterocycles. The molecule has 0 spiro atoms. The number of aliphatic hydroxyl groups is 1. The number of aromatic nitrogens is 1. The molecule has 2 rings (SSSR count). The number of para-hydroxylation sites is 1. The Labute approximate surface area is 112 Å². The fourth-order valence-electron chi connectivity index (χ4n) is 1.68. The molecule has 0 bridgehead atoms. The Bertz CT molecular complexity index is 593. The van der Waals surface area contributed by atoms with Crippen LogP contribution >= 0.6 is 0 Å². The number of benzene rings is 1. The van der Waals surface area contributed by atoms with Crippen LogP contribution in [-0.2, 0) is 0 Å². The van der Waals surface area contributed by atoms with Crippen LogP contribution in [0.15, 0.2) is 36.4 Å². The molecule has 1 unspecified atom stereocenters. The number of amides is 1. The lowest BCUT2D eigenvalue weighted by atomic mass is 10.0. The second-order valence-corrected chi connectivity index (χ2v) is 4.92. The molecule has 2 N–H and O–H groups in total. The highest BCUT2D eigenvalue weighted by atomic mass is 16.3. The quantitative estimate of drug-likeness (QED) is 0.883. The third-order valence-corrected chi connectivity index (χ3v) is 3.22. The average Bonchev–Trinajstić information content (AvgIpc) is 2.44. The zero-order chi connectivity index (χ0) is 13.9. The average molecular weight is 258 g/mol. The maximum Gasteiger partial charge on any atom is 0.270 e. The van der Waals surface area contributed by atoms with Crippen molar-refractivity contribution in [1.29, 1.82) is 0 Å². The SMILES string of the molecule is CCC(C)(O)CNC(=O)c1ccc2ccccc2n1. The first-order chi connectivity index (χ1) is 9.02. The van der Waals surface area contributed by atoms with Crippen LogP contribution in [0.4, 0.5) is 0 Å². The van der Waals surface area contributed by atoms with Crippen molar-refractivity contribution in [3.8, 4) is 0 Å². The number of rotatable bonds is 4. The number of nitrogens with zero attached hydrogens (tertiary/aromatic N) is 1. The first-order valence-corrected chi connectivity index (χ1v) is 6.38. The highest BCUT2D eigenvalue weighted by Gasteiger charge is 2.19. The van der Waals surface area contributed by atoms with Crippen LogP contribution in [-0.4, -0.2) is 28.1 Å². The molecule has 1 amide bonds. The van der Waals surface area contributed by atoms with Crippen molar-refractivity contribution in [1.82, 2.24) is 10.3 Å². The second kappa shape index (κ2) is 5.36. The summed E-state index contributed by atoms with van der Waals surface area (Å²) < 4.78 is 0. The lowest BCUT2D eigenvalue weighted by Crippen LogP contribution is -2.40. The van der Waals surface area contributed by atoms with Gasteiger partial charge in [0.15, 0.2) is 0 Å². The molecule has 0 saturated carbocycles. The molecular weight excluding hydrogens is 240 g/mol. The fourth-order valence-corrected chi connectivity index (χ4v) is 1.68. The van der Waals surface area contributed by atoms with Gasteiger partial charge in [-0.15, -0.1) is 0 Å². The Hall–Kier alpha value is -1.94. The normalized spacial score (nSPS) is 14.1. The Morgan fingerprint density at radius 2 is 2.05 bits per heavy atom. The van der Waals surface area contributed by atoms with E-state index in [0.29, 0.717) is 12.1 Å². The molecule has 1 heterocycles. The van der Waals surface area contributed by atoms with Crippen LogP contribution in [0.1, 0.15) is 30.8 Å². The minimum atomic E-state index is -0.882. The number of hydrogen-bond acceptors (Lipinski definition) is 3. The summed E-state index contributed by atoms with van der Waals surface area (Å²) in [6.07, 6.45) is 0.582. The maximum absolute atomic E-state index is 12.0. The first kappa shape index (κ1) is 13.5. The Morgan fingerprint density at radius 1 is 1.32 bits per heavy atom. The Kier molecular flexibility index (Phi) is 3.81. The summed E-state index contributed by atoms with van der Waals surface area (Å²) >= 11 is 0. The van der Waals surface area contributed by atoms with Crippen LogP contribution < -0.4 is 5.32 Å². The van der Waals surface area contributed by atoms with Crippen molar-refractivity contribution in [3.63, 3.8) is 0 Å².